The Labute approximate surface area is 150 Å². The van der Waals surface area contributed by atoms with E-state index in [2.05, 4.69) is 48.2 Å². The van der Waals surface area contributed by atoms with E-state index in [0.717, 1.165) is 19.5 Å². The van der Waals surface area contributed by atoms with Gasteiger partial charge in [-0.05, 0) is 24.5 Å². The van der Waals surface area contributed by atoms with E-state index in [0.29, 0.717) is 12.6 Å². The fourth-order valence-corrected chi connectivity index (χ4v) is 3.54. The van der Waals surface area contributed by atoms with Crippen LogP contribution in [0.25, 0.3) is 0 Å². The van der Waals surface area contributed by atoms with Gasteiger partial charge >= 0.3 is 6.09 Å². The zero-order chi connectivity index (χ0) is 17.6. The van der Waals surface area contributed by atoms with E-state index in [1.165, 1.54) is 18.2 Å². The first-order chi connectivity index (χ1) is 12.2. The predicted molar refractivity (Wildman–Crippen MR) is 99.4 cm³/mol. The van der Waals surface area contributed by atoms with Gasteiger partial charge in [-0.15, -0.1) is 0 Å². The topological polar surface area (TPSA) is 32.8 Å². The van der Waals surface area contributed by atoms with Crippen molar-refractivity contribution >= 4 is 6.09 Å². The lowest BCUT2D eigenvalue weighted by Crippen LogP contribution is -2.59. The fourth-order valence-electron chi connectivity index (χ4n) is 3.54. The number of carbonyl (C=O) groups is 1. The lowest BCUT2D eigenvalue weighted by molar-refractivity contribution is 0.0267. The molecule has 0 aliphatic carbocycles. The number of piperazine rings is 1. The summed E-state index contributed by atoms with van der Waals surface area (Å²) in [7, 11) is 1.46. The highest BCUT2D eigenvalue weighted by atomic mass is 16.5. The van der Waals surface area contributed by atoms with Crippen LogP contribution in [0, 0.1) is 0 Å². The molecule has 4 heteroatoms. The van der Waals surface area contributed by atoms with Gasteiger partial charge in [-0.1, -0.05) is 60.7 Å². The maximum Gasteiger partial charge on any atom is 0.409 e. The Morgan fingerprint density at radius 1 is 1.00 bits per heavy atom. The number of rotatable bonds is 4. The zero-order valence-electron chi connectivity index (χ0n) is 15.0. The molecule has 3 rings (SSSR count). The van der Waals surface area contributed by atoms with Gasteiger partial charge in [0.15, 0.2) is 0 Å². The minimum Gasteiger partial charge on any atom is -0.453 e. The molecular weight excluding hydrogens is 312 g/mol. The molecule has 0 spiro atoms. The van der Waals surface area contributed by atoms with Crippen LogP contribution in [0.4, 0.5) is 4.79 Å². The van der Waals surface area contributed by atoms with Crippen molar-refractivity contribution < 1.29 is 9.53 Å². The molecule has 1 amide bonds. The Bertz CT molecular complexity index is 675. The van der Waals surface area contributed by atoms with Gasteiger partial charge in [0.25, 0.3) is 0 Å². The van der Waals surface area contributed by atoms with E-state index in [9.17, 15) is 4.79 Å². The van der Waals surface area contributed by atoms with Crippen molar-refractivity contribution in [1.82, 2.24) is 9.80 Å². The number of benzene rings is 2. The SMILES string of the molecule is COC(=O)N1CC(C)N(Cc2ccccc2)C[C@@H]1Cc1ccccc1. The average Bonchev–Trinajstić information content (AvgIpc) is 2.65. The molecule has 1 aliphatic rings. The smallest absolute Gasteiger partial charge is 0.409 e. The number of nitrogens with zero attached hydrogens (tertiary/aromatic N) is 2. The number of amides is 1. The minimum atomic E-state index is -0.229. The molecule has 0 saturated carbocycles. The molecule has 2 atom stereocenters. The van der Waals surface area contributed by atoms with Crippen molar-refractivity contribution in [2.45, 2.75) is 32.0 Å². The maximum absolute atomic E-state index is 12.3. The average molecular weight is 338 g/mol. The molecule has 2 aromatic rings. The summed E-state index contributed by atoms with van der Waals surface area (Å²) in [4.78, 5) is 16.6. The van der Waals surface area contributed by atoms with E-state index in [1.807, 2.05) is 29.2 Å². The van der Waals surface area contributed by atoms with E-state index in [1.54, 1.807) is 0 Å². The molecule has 1 aliphatic heterocycles. The van der Waals surface area contributed by atoms with Crippen LogP contribution in [0.1, 0.15) is 18.1 Å². The molecular formula is C21H26N2O2. The second kappa shape index (κ2) is 8.17. The summed E-state index contributed by atoms with van der Waals surface area (Å²) in [6.07, 6.45) is 0.612. The van der Waals surface area contributed by atoms with Crippen molar-refractivity contribution in [3.63, 3.8) is 0 Å². The van der Waals surface area contributed by atoms with Crippen molar-refractivity contribution in [1.29, 1.82) is 0 Å². The van der Waals surface area contributed by atoms with Crippen molar-refractivity contribution in [2.75, 3.05) is 20.2 Å². The monoisotopic (exact) mass is 338 g/mol. The normalized spacial score (nSPS) is 21.1. The van der Waals surface area contributed by atoms with E-state index >= 15 is 0 Å². The molecule has 1 fully saturated rings. The quantitative estimate of drug-likeness (QED) is 0.854. The second-order valence-electron chi connectivity index (χ2n) is 6.73. The number of hydrogen-bond donors (Lipinski definition) is 0. The Morgan fingerprint density at radius 2 is 1.60 bits per heavy atom. The van der Waals surface area contributed by atoms with E-state index in [4.69, 9.17) is 4.74 Å². The van der Waals surface area contributed by atoms with Crippen molar-refractivity contribution in [3.8, 4) is 0 Å². The molecule has 0 bridgehead atoms. The molecule has 2 aromatic carbocycles. The van der Waals surface area contributed by atoms with Gasteiger partial charge < -0.3 is 9.64 Å². The Kier molecular flexibility index (Phi) is 5.71. The number of methoxy groups -OCH3 is 1. The van der Waals surface area contributed by atoms with Gasteiger partial charge in [0.05, 0.1) is 13.2 Å². The summed E-state index contributed by atoms with van der Waals surface area (Å²) in [5.74, 6) is 0. The lowest BCUT2D eigenvalue weighted by Gasteiger charge is -2.44. The third-order valence-corrected chi connectivity index (χ3v) is 4.92. The number of carbonyl (C=O) groups excluding carboxylic acids is 1. The van der Waals surface area contributed by atoms with Gasteiger partial charge in [0, 0.05) is 25.7 Å². The molecule has 1 unspecified atom stereocenters. The number of hydrogen-bond acceptors (Lipinski definition) is 3. The standard InChI is InChI=1S/C21H26N2O2/c1-17-14-23(21(24)25-2)20(13-18-9-5-3-6-10-18)16-22(17)15-19-11-7-4-8-12-19/h3-12,17,20H,13-16H2,1-2H3/t17?,20-/m0/s1. The summed E-state index contributed by atoms with van der Waals surface area (Å²) >= 11 is 0. The molecule has 0 N–H and O–H groups in total. The van der Waals surface area contributed by atoms with Crippen LogP contribution in [0.15, 0.2) is 60.7 Å². The van der Waals surface area contributed by atoms with E-state index in [-0.39, 0.29) is 12.1 Å². The molecule has 0 aromatic heterocycles. The minimum absolute atomic E-state index is 0.120. The molecule has 1 saturated heterocycles. The number of ether oxygens (including phenoxy) is 1. The molecule has 25 heavy (non-hydrogen) atoms. The van der Waals surface area contributed by atoms with Gasteiger partial charge in [0.2, 0.25) is 0 Å². The summed E-state index contributed by atoms with van der Waals surface area (Å²) in [6.45, 7) is 4.62. The largest absolute Gasteiger partial charge is 0.453 e. The second-order valence-corrected chi connectivity index (χ2v) is 6.73. The molecule has 1 heterocycles. The molecule has 4 nitrogen and oxygen atoms in total. The molecule has 132 valence electrons. The van der Waals surface area contributed by atoms with Crippen LogP contribution in [-0.2, 0) is 17.7 Å². The Morgan fingerprint density at radius 3 is 2.20 bits per heavy atom. The summed E-state index contributed by atoms with van der Waals surface area (Å²) in [6, 6.07) is 21.3. The third-order valence-electron chi connectivity index (χ3n) is 4.92. The van der Waals surface area contributed by atoms with Crippen LogP contribution >= 0.6 is 0 Å². The highest BCUT2D eigenvalue weighted by Crippen LogP contribution is 2.21. The fraction of sp³-hybridized carbons (Fsp3) is 0.381. The van der Waals surface area contributed by atoms with Crippen molar-refractivity contribution in [2.24, 2.45) is 0 Å². The van der Waals surface area contributed by atoms with Gasteiger partial charge in [-0.3, -0.25) is 4.90 Å². The van der Waals surface area contributed by atoms with Crippen LogP contribution in [0.5, 0.6) is 0 Å². The highest BCUT2D eigenvalue weighted by molar-refractivity contribution is 5.68. The van der Waals surface area contributed by atoms with Gasteiger partial charge in [-0.25, -0.2) is 4.79 Å². The predicted octanol–water partition coefficient (Wildman–Crippen LogP) is 3.57. The lowest BCUT2D eigenvalue weighted by atomic mass is 9.99. The molecule has 0 radical (unpaired) electrons. The van der Waals surface area contributed by atoms with Gasteiger partial charge in [0.1, 0.15) is 0 Å². The maximum atomic E-state index is 12.3. The van der Waals surface area contributed by atoms with Crippen LogP contribution in [0.3, 0.4) is 0 Å². The van der Waals surface area contributed by atoms with Crippen molar-refractivity contribution in [3.05, 3.63) is 71.8 Å². The van der Waals surface area contributed by atoms with Crippen LogP contribution in [-0.4, -0.2) is 48.2 Å². The first-order valence-corrected chi connectivity index (χ1v) is 8.84. The summed E-state index contributed by atoms with van der Waals surface area (Å²) in [5, 5.41) is 0. The first-order valence-electron chi connectivity index (χ1n) is 8.84. The van der Waals surface area contributed by atoms with Crippen LogP contribution < -0.4 is 0 Å². The summed E-state index contributed by atoms with van der Waals surface area (Å²) in [5.41, 5.74) is 2.55. The third kappa shape index (κ3) is 4.40. The summed E-state index contributed by atoms with van der Waals surface area (Å²) < 4.78 is 5.03. The first kappa shape index (κ1) is 17.5. The van der Waals surface area contributed by atoms with Gasteiger partial charge in [-0.2, -0.15) is 0 Å². The van der Waals surface area contributed by atoms with E-state index < -0.39 is 0 Å². The van der Waals surface area contributed by atoms with Crippen LogP contribution in [0.2, 0.25) is 0 Å². The Balaban J connectivity index is 1.76. The zero-order valence-corrected chi connectivity index (χ0v) is 15.0. The highest BCUT2D eigenvalue weighted by Gasteiger charge is 2.34. The Hall–Kier alpha value is -2.33.